The summed E-state index contributed by atoms with van der Waals surface area (Å²) in [4.78, 5) is 41.3. The monoisotopic (exact) mass is 423 g/mol. The van der Waals surface area contributed by atoms with E-state index >= 15 is 0 Å². The zero-order chi connectivity index (χ0) is 21.6. The van der Waals surface area contributed by atoms with Gasteiger partial charge in [0.15, 0.2) is 16.6 Å². The molecule has 0 aliphatic rings. The fraction of sp³-hybridized carbons (Fsp3) is 0.353. The van der Waals surface area contributed by atoms with E-state index in [2.05, 4.69) is 15.6 Å². The first kappa shape index (κ1) is 22.0. The normalized spacial score (nSPS) is 10.5. The maximum Gasteiger partial charge on any atom is 0.286 e. The van der Waals surface area contributed by atoms with Gasteiger partial charge in [0.1, 0.15) is 11.3 Å². The number of amides is 2. The first-order valence-corrected chi connectivity index (χ1v) is 9.25. The summed E-state index contributed by atoms with van der Waals surface area (Å²) in [5.74, 6) is -0.836. The number of nitro groups is 1. The number of nitrogens with zero attached hydrogens (tertiary/aromatic N) is 3. The van der Waals surface area contributed by atoms with Crippen molar-refractivity contribution < 1.29 is 24.0 Å². The van der Waals surface area contributed by atoms with Crippen molar-refractivity contribution in [3.05, 3.63) is 38.9 Å². The minimum atomic E-state index is -0.758. The van der Waals surface area contributed by atoms with Gasteiger partial charge < -0.3 is 19.7 Å². The molecule has 2 amide bonds. The molecular weight excluding hydrogens is 402 g/mol. The number of anilines is 1. The average molecular weight is 423 g/mol. The number of likely N-dealkylation sites (N-methyl/N-ethyl adjacent to an activating group) is 1. The van der Waals surface area contributed by atoms with Gasteiger partial charge in [-0.2, -0.15) is 0 Å². The van der Waals surface area contributed by atoms with Gasteiger partial charge in [-0.15, -0.1) is 11.3 Å². The summed E-state index contributed by atoms with van der Waals surface area (Å²) in [5, 5.41) is 18.2. The average Bonchev–Trinajstić information content (AvgIpc) is 3.14. The maximum atomic E-state index is 12.6. The number of benzene rings is 1. The second kappa shape index (κ2) is 9.80. The van der Waals surface area contributed by atoms with Crippen LogP contribution in [0.2, 0.25) is 0 Å². The summed E-state index contributed by atoms with van der Waals surface area (Å²) in [6, 6.07) is 2.33. The number of carbonyl (C=O) groups is 2. The molecule has 0 atom stereocenters. The lowest BCUT2D eigenvalue weighted by molar-refractivity contribution is -0.385. The molecule has 0 aliphatic heterocycles. The van der Waals surface area contributed by atoms with Crippen LogP contribution in [0.15, 0.2) is 17.5 Å². The Morgan fingerprint density at radius 1 is 1.21 bits per heavy atom. The fourth-order valence-electron chi connectivity index (χ4n) is 2.28. The van der Waals surface area contributed by atoms with Crippen molar-refractivity contribution in [3.8, 4) is 11.5 Å². The molecule has 0 spiro atoms. The Morgan fingerprint density at radius 3 is 2.45 bits per heavy atom. The minimum Gasteiger partial charge on any atom is -0.493 e. The third kappa shape index (κ3) is 5.62. The van der Waals surface area contributed by atoms with Gasteiger partial charge in [-0.25, -0.2) is 4.98 Å². The minimum absolute atomic E-state index is 0.127. The highest BCUT2D eigenvalue weighted by molar-refractivity contribution is 7.14. The predicted octanol–water partition coefficient (Wildman–Crippen LogP) is 1.61. The molecule has 0 fully saturated rings. The van der Waals surface area contributed by atoms with Crippen LogP contribution in [0.1, 0.15) is 20.8 Å². The summed E-state index contributed by atoms with van der Waals surface area (Å²) in [6.07, 6.45) is 0. The smallest absolute Gasteiger partial charge is 0.286 e. The molecule has 29 heavy (non-hydrogen) atoms. The van der Waals surface area contributed by atoms with E-state index in [1.165, 1.54) is 25.7 Å². The van der Waals surface area contributed by atoms with Gasteiger partial charge in [-0.1, -0.05) is 0 Å². The number of nitro benzene ring substituents is 1. The molecule has 0 unspecified atom stereocenters. The van der Waals surface area contributed by atoms with Gasteiger partial charge in [0.2, 0.25) is 0 Å². The van der Waals surface area contributed by atoms with Crippen LogP contribution in [-0.2, 0) is 0 Å². The van der Waals surface area contributed by atoms with Crippen molar-refractivity contribution in [2.24, 2.45) is 0 Å². The van der Waals surface area contributed by atoms with Crippen molar-refractivity contribution in [1.29, 1.82) is 0 Å². The Bertz CT molecular complexity index is 914. The van der Waals surface area contributed by atoms with Gasteiger partial charge in [-0.3, -0.25) is 25.0 Å². The summed E-state index contributed by atoms with van der Waals surface area (Å²) < 4.78 is 10.1. The largest absolute Gasteiger partial charge is 0.493 e. The maximum absolute atomic E-state index is 12.6. The molecular formula is C17H21N5O6S. The molecule has 11 nitrogen and oxygen atoms in total. The highest BCUT2D eigenvalue weighted by atomic mass is 32.1. The first-order chi connectivity index (χ1) is 13.8. The highest BCUT2D eigenvalue weighted by Crippen LogP contribution is 2.35. The van der Waals surface area contributed by atoms with Crippen molar-refractivity contribution in [2.45, 2.75) is 0 Å². The van der Waals surface area contributed by atoms with Crippen molar-refractivity contribution in [1.82, 2.24) is 15.2 Å². The Labute approximate surface area is 170 Å². The number of rotatable bonds is 9. The third-order valence-corrected chi connectivity index (χ3v) is 4.50. The predicted molar refractivity (Wildman–Crippen MR) is 107 cm³/mol. The molecule has 1 heterocycles. The number of nitrogens with one attached hydrogen (secondary N) is 2. The third-order valence-electron chi connectivity index (χ3n) is 3.75. The Balaban J connectivity index is 2.17. The second-order valence-corrected chi connectivity index (χ2v) is 6.89. The first-order valence-electron chi connectivity index (χ1n) is 8.37. The molecule has 156 valence electrons. The lowest BCUT2D eigenvalue weighted by Crippen LogP contribution is -2.31. The van der Waals surface area contributed by atoms with Gasteiger partial charge >= 0.3 is 0 Å². The van der Waals surface area contributed by atoms with E-state index in [1.807, 2.05) is 19.0 Å². The lowest BCUT2D eigenvalue weighted by Gasteiger charge is -2.10. The van der Waals surface area contributed by atoms with E-state index in [1.54, 1.807) is 0 Å². The topological polar surface area (TPSA) is 136 Å². The summed E-state index contributed by atoms with van der Waals surface area (Å²) in [5.41, 5.74) is -0.524. The lowest BCUT2D eigenvalue weighted by atomic mass is 10.1. The van der Waals surface area contributed by atoms with Crippen LogP contribution in [0.4, 0.5) is 10.8 Å². The van der Waals surface area contributed by atoms with Gasteiger partial charge in [0.25, 0.3) is 17.5 Å². The number of hydrogen-bond donors (Lipinski definition) is 2. The summed E-state index contributed by atoms with van der Waals surface area (Å²) in [7, 11) is 6.46. The van der Waals surface area contributed by atoms with Crippen molar-refractivity contribution in [2.75, 3.05) is 46.7 Å². The van der Waals surface area contributed by atoms with E-state index < -0.39 is 16.5 Å². The van der Waals surface area contributed by atoms with Crippen LogP contribution in [0.25, 0.3) is 0 Å². The molecule has 0 radical (unpaired) electrons. The van der Waals surface area contributed by atoms with Gasteiger partial charge in [-0.05, 0) is 14.1 Å². The molecule has 2 rings (SSSR count). The van der Waals surface area contributed by atoms with E-state index in [0.717, 1.165) is 17.4 Å². The number of ether oxygens (including phenoxy) is 2. The van der Waals surface area contributed by atoms with E-state index in [9.17, 15) is 19.7 Å². The quantitative estimate of drug-likeness (QED) is 0.459. The van der Waals surface area contributed by atoms with E-state index in [4.69, 9.17) is 9.47 Å². The molecule has 1 aromatic heterocycles. The molecule has 2 N–H and O–H groups in total. The van der Waals surface area contributed by atoms with Crippen molar-refractivity contribution >= 4 is 34.0 Å². The zero-order valence-electron chi connectivity index (χ0n) is 16.3. The standard InChI is InChI=1S/C17H21N5O6S/c1-21(2)6-5-18-16(24)11-9-29-17(19-11)20-15(23)10-7-13(27-3)14(28-4)8-12(10)22(25)26/h7-9H,5-6H2,1-4H3,(H,18,24)(H,19,20,23). The molecule has 12 heteroatoms. The Morgan fingerprint density at radius 2 is 1.86 bits per heavy atom. The molecule has 2 aromatic rings. The van der Waals surface area contributed by atoms with Gasteiger partial charge in [0.05, 0.1) is 25.2 Å². The van der Waals surface area contributed by atoms with Crippen LogP contribution in [0.5, 0.6) is 11.5 Å². The number of aromatic nitrogens is 1. The Kier molecular flexibility index (Phi) is 7.45. The summed E-state index contributed by atoms with van der Waals surface area (Å²) >= 11 is 1.03. The second-order valence-electron chi connectivity index (χ2n) is 6.03. The molecule has 0 saturated carbocycles. The van der Waals surface area contributed by atoms with Crippen LogP contribution >= 0.6 is 11.3 Å². The van der Waals surface area contributed by atoms with Crippen LogP contribution in [0, 0.1) is 10.1 Å². The molecule has 0 saturated heterocycles. The summed E-state index contributed by atoms with van der Waals surface area (Å²) in [6.45, 7) is 1.12. The molecule has 0 aliphatic carbocycles. The van der Waals surface area contributed by atoms with Crippen LogP contribution in [-0.4, -0.2) is 68.0 Å². The van der Waals surface area contributed by atoms with Crippen LogP contribution in [0.3, 0.4) is 0 Å². The van der Waals surface area contributed by atoms with E-state index in [0.29, 0.717) is 13.1 Å². The van der Waals surface area contributed by atoms with E-state index in [-0.39, 0.29) is 33.8 Å². The highest BCUT2D eigenvalue weighted by Gasteiger charge is 2.25. The van der Waals surface area contributed by atoms with Crippen LogP contribution < -0.4 is 20.1 Å². The fourth-order valence-corrected chi connectivity index (χ4v) is 2.97. The SMILES string of the molecule is COc1cc(C(=O)Nc2nc(C(=O)NCCN(C)C)cs2)c([N+](=O)[O-])cc1OC. The van der Waals surface area contributed by atoms with Crippen molar-refractivity contribution in [3.63, 3.8) is 0 Å². The molecule has 1 aromatic carbocycles. The number of hydrogen-bond acceptors (Lipinski definition) is 9. The van der Waals surface area contributed by atoms with Gasteiger partial charge in [0, 0.05) is 24.5 Å². The Hall–Kier alpha value is -3.25. The number of methoxy groups -OCH3 is 2. The number of carbonyl (C=O) groups excluding carboxylic acids is 2. The molecule has 0 bridgehead atoms. The zero-order valence-corrected chi connectivity index (χ0v) is 17.2. The number of thiazole rings is 1.